The van der Waals surface area contributed by atoms with Crippen molar-refractivity contribution in [3.05, 3.63) is 29.2 Å². The van der Waals surface area contributed by atoms with Gasteiger partial charge in [-0.1, -0.05) is 17.8 Å². The van der Waals surface area contributed by atoms with E-state index in [1.165, 1.54) is 16.3 Å². The highest BCUT2D eigenvalue weighted by Crippen LogP contribution is 2.47. The van der Waals surface area contributed by atoms with Gasteiger partial charge in [-0.3, -0.25) is 4.57 Å². The Morgan fingerprint density at radius 3 is 2.86 bits per heavy atom. The van der Waals surface area contributed by atoms with E-state index in [9.17, 15) is 15.3 Å². The summed E-state index contributed by atoms with van der Waals surface area (Å²) in [7, 11) is 0. The molecule has 1 saturated heterocycles. The normalized spacial score (nSPS) is 25.7. The first kappa shape index (κ1) is 19.6. The number of benzene rings is 1. The second-order valence-corrected chi connectivity index (χ2v) is 7.81. The Morgan fingerprint density at radius 2 is 2.14 bits per heavy atom. The number of para-hydroxylation sites is 1. The number of fused-ring (bicyclic) bond motifs is 2. The van der Waals surface area contributed by atoms with E-state index in [4.69, 9.17) is 27.4 Å². The van der Waals surface area contributed by atoms with Gasteiger partial charge in [-0.2, -0.15) is 0 Å². The third-order valence-corrected chi connectivity index (χ3v) is 5.92. The lowest BCUT2D eigenvalue weighted by molar-refractivity contribution is -0.0543. The highest BCUT2D eigenvalue weighted by Gasteiger charge is 2.43. The lowest BCUT2D eigenvalue weighted by Crippen LogP contribution is -2.33. The van der Waals surface area contributed by atoms with Crippen LogP contribution in [0.15, 0.2) is 34.2 Å². The first-order chi connectivity index (χ1) is 13.5. The van der Waals surface area contributed by atoms with E-state index < -0.39 is 31.1 Å². The first-order valence-corrected chi connectivity index (χ1v) is 9.92. The third kappa shape index (κ3) is 3.39. The summed E-state index contributed by atoms with van der Waals surface area (Å²) < 4.78 is 12.9. The van der Waals surface area contributed by atoms with E-state index in [2.05, 4.69) is 10.3 Å². The molecule has 1 fully saturated rings. The molecule has 1 aromatic carbocycles. The minimum Gasteiger partial charge on any atom is -0.490 e. The number of rotatable bonds is 5. The van der Waals surface area contributed by atoms with Crippen molar-refractivity contribution in [3.63, 3.8) is 0 Å². The van der Waals surface area contributed by atoms with Crippen molar-refractivity contribution in [3.8, 4) is 5.75 Å². The minimum atomic E-state index is -1.23. The Hall–Kier alpha value is -1.73. The Bertz CT molecular complexity index is 940. The topological polar surface area (TPSA) is 135 Å². The lowest BCUT2D eigenvalue weighted by Gasteiger charge is -2.25. The number of nitrogens with one attached hydrogen (secondary N) is 1. The number of aliphatic hydroxyl groups excluding tert-OH is 3. The number of anilines is 2. The molecule has 4 rings (SSSR count). The fraction of sp³-hybridized carbons (Fsp3) is 0.412. The highest BCUT2D eigenvalue weighted by atomic mass is 32.2. The van der Waals surface area contributed by atoms with Crippen LogP contribution in [0.3, 0.4) is 0 Å². The molecule has 2 unspecified atom stereocenters. The number of hydrogen-bond donors (Lipinski definition) is 5. The maximum Gasteiger partial charge on any atom is 0.203 e. The zero-order chi connectivity index (χ0) is 19.8. The van der Waals surface area contributed by atoms with Crippen molar-refractivity contribution in [1.82, 2.24) is 9.55 Å². The number of aromatic nitrogens is 2. The van der Waals surface area contributed by atoms with Gasteiger partial charge in [0.05, 0.1) is 17.2 Å². The maximum atomic E-state index is 10.3. The summed E-state index contributed by atoms with van der Waals surface area (Å²) in [5.74, 6) is 1.24. The molecule has 0 spiro atoms. The molecule has 0 bridgehead atoms. The second kappa shape index (κ2) is 7.95. The molecule has 1 aromatic heterocycles. The summed E-state index contributed by atoms with van der Waals surface area (Å²) in [5, 5.41) is 32.8. The first-order valence-electron chi connectivity index (χ1n) is 8.70. The van der Waals surface area contributed by atoms with Crippen LogP contribution in [0.25, 0.3) is 0 Å². The summed E-state index contributed by atoms with van der Waals surface area (Å²) in [4.78, 5) is 6.13. The molecule has 0 aliphatic carbocycles. The van der Waals surface area contributed by atoms with E-state index in [-0.39, 0.29) is 4.77 Å². The number of hydrogen-bond acceptors (Lipinski definition) is 10. The van der Waals surface area contributed by atoms with Gasteiger partial charge in [-0.05, 0) is 24.4 Å². The molecule has 0 saturated carbocycles. The summed E-state index contributed by atoms with van der Waals surface area (Å²) in [6.45, 7) is 0.400. The number of nitrogens with zero attached hydrogens (tertiary/aromatic N) is 2. The van der Waals surface area contributed by atoms with E-state index in [1.54, 1.807) is 6.20 Å². The molecule has 9 nitrogen and oxygen atoms in total. The van der Waals surface area contributed by atoms with Crippen LogP contribution in [0.4, 0.5) is 11.5 Å². The van der Waals surface area contributed by atoms with Crippen molar-refractivity contribution >= 4 is 35.5 Å². The largest absolute Gasteiger partial charge is 0.490 e. The van der Waals surface area contributed by atoms with Gasteiger partial charge in [-0.25, -0.2) is 4.98 Å². The standard InChI is InChI=1S/C17H20N4O5S2/c18-4-5-25-8-2-1-3-10-12(8)19-15-11(28-10)6-21(17(27)20-15)16-14(24)13(23)9(7-22)26-16/h1-3,6,9,13-14,16,22-24H,4-5,7,18H2,(H,19,20,27)/t9-,13?,14?,16-/m1/s1. The third-order valence-electron chi connectivity index (χ3n) is 4.54. The molecule has 0 amide bonds. The van der Waals surface area contributed by atoms with Crippen molar-refractivity contribution < 1.29 is 24.8 Å². The molecule has 2 aliphatic rings. The van der Waals surface area contributed by atoms with Crippen molar-refractivity contribution in [2.24, 2.45) is 5.73 Å². The number of ether oxygens (including phenoxy) is 2. The Morgan fingerprint density at radius 1 is 1.32 bits per heavy atom. The molecule has 0 radical (unpaired) electrons. The van der Waals surface area contributed by atoms with Crippen LogP contribution < -0.4 is 15.8 Å². The van der Waals surface area contributed by atoms with Crippen molar-refractivity contribution in [2.45, 2.75) is 34.3 Å². The quantitative estimate of drug-likeness (QED) is 0.374. The van der Waals surface area contributed by atoms with Gasteiger partial charge in [-0.15, -0.1) is 0 Å². The zero-order valence-corrected chi connectivity index (χ0v) is 16.3. The van der Waals surface area contributed by atoms with Gasteiger partial charge in [0.1, 0.15) is 36.5 Å². The van der Waals surface area contributed by atoms with E-state index >= 15 is 0 Å². The van der Waals surface area contributed by atoms with Crippen LogP contribution in [0.1, 0.15) is 6.23 Å². The smallest absolute Gasteiger partial charge is 0.203 e. The molecule has 2 aromatic rings. The molecule has 150 valence electrons. The van der Waals surface area contributed by atoms with Gasteiger partial charge in [0, 0.05) is 17.6 Å². The lowest BCUT2D eigenvalue weighted by atomic mass is 10.1. The monoisotopic (exact) mass is 424 g/mol. The molecule has 6 N–H and O–H groups in total. The van der Waals surface area contributed by atoms with Gasteiger partial charge in [0.15, 0.2) is 6.23 Å². The SMILES string of the molecule is NCCOc1cccc2c1Nc1nc(=S)n([C@@H]3O[C@H](CO)C(O)C3O)cc1S2. The fourth-order valence-electron chi connectivity index (χ4n) is 3.15. The number of nitrogens with two attached hydrogens (primary N) is 1. The van der Waals surface area contributed by atoms with E-state index in [0.29, 0.717) is 24.7 Å². The average Bonchev–Trinajstić information content (AvgIpc) is 2.98. The van der Waals surface area contributed by atoms with Gasteiger partial charge >= 0.3 is 0 Å². The van der Waals surface area contributed by atoms with Crippen LogP contribution in [0.5, 0.6) is 5.75 Å². The van der Waals surface area contributed by atoms with Crippen LogP contribution in [0.2, 0.25) is 0 Å². The van der Waals surface area contributed by atoms with E-state index in [1.807, 2.05) is 18.2 Å². The van der Waals surface area contributed by atoms with Crippen LogP contribution >= 0.6 is 24.0 Å². The zero-order valence-electron chi connectivity index (χ0n) is 14.7. The summed E-state index contributed by atoms with van der Waals surface area (Å²) in [6, 6.07) is 5.69. The van der Waals surface area contributed by atoms with Crippen molar-refractivity contribution in [1.29, 1.82) is 0 Å². The second-order valence-electron chi connectivity index (χ2n) is 6.37. The van der Waals surface area contributed by atoms with Gasteiger partial charge < -0.3 is 35.8 Å². The Kier molecular flexibility index (Phi) is 5.56. The molecular weight excluding hydrogens is 404 g/mol. The number of aliphatic hydroxyl groups is 3. The van der Waals surface area contributed by atoms with Gasteiger partial charge in [0.2, 0.25) is 4.77 Å². The van der Waals surface area contributed by atoms with Crippen molar-refractivity contribution in [2.75, 3.05) is 25.1 Å². The predicted octanol–water partition coefficient (Wildman–Crippen LogP) is 0.770. The maximum absolute atomic E-state index is 10.3. The van der Waals surface area contributed by atoms with E-state index in [0.717, 1.165) is 15.5 Å². The molecule has 3 heterocycles. The highest BCUT2D eigenvalue weighted by molar-refractivity contribution is 7.99. The fourth-order valence-corrected chi connectivity index (χ4v) is 4.40. The summed E-state index contributed by atoms with van der Waals surface area (Å²) >= 11 is 6.83. The summed E-state index contributed by atoms with van der Waals surface area (Å²) in [6.07, 6.45) is -2.53. The average molecular weight is 425 g/mol. The molecular formula is C17H20N4O5S2. The Balaban J connectivity index is 1.67. The van der Waals surface area contributed by atoms with Crippen LogP contribution in [0, 0.1) is 4.77 Å². The molecule has 4 atom stereocenters. The molecule has 28 heavy (non-hydrogen) atoms. The summed E-state index contributed by atoms with van der Waals surface area (Å²) in [5.41, 5.74) is 6.31. The van der Waals surface area contributed by atoms with Crippen LogP contribution in [-0.2, 0) is 4.74 Å². The molecule has 2 aliphatic heterocycles. The predicted molar refractivity (Wildman–Crippen MR) is 104 cm³/mol. The van der Waals surface area contributed by atoms with Gasteiger partial charge in [0.25, 0.3) is 0 Å². The Labute approximate surface area is 170 Å². The van der Waals surface area contributed by atoms with Crippen LogP contribution in [-0.4, -0.2) is 62.9 Å². The minimum absolute atomic E-state index is 0.172. The molecule has 11 heteroatoms.